The van der Waals surface area contributed by atoms with Gasteiger partial charge in [-0.25, -0.2) is 4.79 Å². The normalized spacial score (nSPS) is 29.0. The van der Waals surface area contributed by atoms with E-state index in [0.29, 0.717) is 0 Å². The number of carbonyl (C=O) groups is 5. The monoisotopic (exact) mass is 395 g/mol. The first-order valence-corrected chi connectivity index (χ1v) is 7.19. The van der Waals surface area contributed by atoms with Crippen LogP contribution in [-0.2, 0) is 47.6 Å². The summed E-state index contributed by atoms with van der Waals surface area (Å²) >= 11 is 0. The Morgan fingerprint density at radius 2 is 1.33 bits per heavy atom. The lowest BCUT2D eigenvalue weighted by molar-refractivity contribution is -0.294. The number of amides is 1. The third-order valence-corrected chi connectivity index (χ3v) is 3.03. The zero-order valence-corrected chi connectivity index (χ0v) is 14.0. The van der Waals surface area contributed by atoms with Gasteiger partial charge in [0.15, 0.2) is 12.2 Å². The summed E-state index contributed by atoms with van der Waals surface area (Å²) in [7, 11) is 0. The molecule has 1 aliphatic rings. The van der Waals surface area contributed by atoms with E-state index in [1.165, 1.54) is 0 Å². The number of esters is 4. The number of hydrogen-bond acceptors (Lipinski definition) is 11. The van der Waals surface area contributed by atoms with Crippen molar-refractivity contribution < 1.29 is 57.9 Å². The summed E-state index contributed by atoms with van der Waals surface area (Å²) in [5, 5.41) is 0. The molecule has 0 aromatic rings. The molecule has 0 aromatic heterocycles. The van der Waals surface area contributed by atoms with Gasteiger partial charge >= 0.3 is 30.0 Å². The van der Waals surface area contributed by atoms with Crippen LogP contribution in [0.3, 0.4) is 0 Å². The summed E-state index contributed by atoms with van der Waals surface area (Å²) < 4.78 is 58.2. The molecule has 0 radical (unpaired) electrons. The van der Waals surface area contributed by atoms with E-state index in [0.717, 1.165) is 0 Å². The van der Waals surface area contributed by atoms with Gasteiger partial charge in [0.1, 0.15) is 12.7 Å². The lowest BCUT2D eigenvalue weighted by Gasteiger charge is -2.43. The lowest BCUT2D eigenvalue weighted by Crippen LogP contribution is -2.63. The minimum Gasteiger partial charge on any atom is -0.463 e. The van der Waals surface area contributed by atoms with E-state index >= 15 is 0 Å². The van der Waals surface area contributed by atoms with Gasteiger partial charge in [0.05, 0.1) is 0 Å². The molecular formula is C15H21NO11. The Kier molecular flexibility index (Phi) is 5.86. The van der Waals surface area contributed by atoms with Crippen LogP contribution in [0.15, 0.2) is 0 Å². The molecule has 1 aliphatic heterocycles. The van der Waals surface area contributed by atoms with Gasteiger partial charge in [-0.2, -0.15) is 0 Å². The van der Waals surface area contributed by atoms with Crippen LogP contribution in [0.25, 0.3) is 0 Å². The molecule has 0 aliphatic carbocycles. The summed E-state index contributed by atoms with van der Waals surface area (Å²) in [4.78, 5) is 57.8. The molecular weight excluding hydrogens is 370 g/mol. The summed E-state index contributed by atoms with van der Waals surface area (Å²) in [5.41, 5.74) is 4.97. The maximum Gasteiger partial charge on any atom is 0.406 e. The molecule has 1 fully saturated rings. The Morgan fingerprint density at radius 1 is 0.815 bits per heavy atom. The second-order valence-corrected chi connectivity index (χ2v) is 5.03. The SMILES string of the molecule is [2H]CC(=O)OC[C@H]1OC(OC(N)=O)[C@@H](OC(=O)C[2H])[C@@H](OC(=O)C[2H])[C@@H]1OC(=O)C[2H]. The first-order valence-electron chi connectivity index (χ1n) is 10.0. The Hall–Kier alpha value is -2.89. The standard InChI is InChI=1S/C15H21NO11/c1-6(17)22-5-10-11(23-7(2)18)12(24-8(3)19)13(25-9(4)20)14(26-10)27-15(16)21/h10-14H,5H2,1-4H3,(H2,16,21)/t10-,11-,12+,13+,14?/m1/s1/i1D,2D,3D,4D. The van der Waals surface area contributed by atoms with E-state index in [4.69, 9.17) is 39.6 Å². The van der Waals surface area contributed by atoms with Gasteiger partial charge in [0.2, 0.25) is 12.4 Å². The summed E-state index contributed by atoms with van der Waals surface area (Å²) in [6, 6.07) is 0. The molecule has 0 saturated carbocycles. The molecule has 1 amide bonds. The molecule has 1 saturated heterocycles. The molecule has 12 nitrogen and oxygen atoms in total. The molecule has 0 spiro atoms. The molecule has 1 heterocycles. The highest BCUT2D eigenvalue weighted by Crippen LogP contribution is 2.29. The molecule has 1 rings (SSSR count). The number of nitrogens with two attached hydrogens (primary N) is 1. The maximum atomic E-state index is 11.8. The lowest BCUT2D eigenvalue weighted by atomic mass is 9.98. The van der Waals surface area contributed by atoms with Gasteiger partial charge in [-0.15, -0.1) is 0 Å². The van der Waals surface area contributed by atoms with Crippen LogP contribution in [0.1, 0.15) is 33.1 Å². The van der Waals surface area contributed by atoms with Crippen molar-refractivity contribution in [1.82, 2.24) is 0 Å². The molecule has 5 atom stereocenters. The molecule has 0 aromatic carbocycles. The van der Waals surface area contributed by atoms with Crippen molar-refractivity contribution in [3.8, 4) is 0 Å². The Bertz CT molecular complexity index is 679. The van der Waals surface area contributed by atoms with Gasteiger partial charge in [-0.1, -0.05) is 0 Å². The third kappa shape index (κ3) is 7.09. The van der Waals surface area contributed by atoms with Crippen molar-refractivity contribution in [3.05, 3.63) is 0 Å². The molecule has 0 bridgehead atoms. The number of primary amides is 1. The van der Waals surface area contributed by atoms with Crippen LogP contribution >= 0.6 is 0 Å². The third-order valence-electron chi connectivity index (χ3n) is 3.03. The topological polar surface area (TPSA) is 167 Å². The van der Waals surface area contributed by atoms with Crippen molar-refractivity contribution in [3.63, 3.8) is 0 Å². The smallest absolute Gasteiger partial charge is 0.406 e. The van der Waals surface area contributed by atoms with E-state index < -0.39 is 94.9 Å². The van der Waals surface area contributed by atoms with E-state index in [1.54, 1.807) is 0 Å². The highest BCUT2D eigenvalue weighted by atomic mass is 16.7. The van der Waals surface area contributed by atoms with Crippen LogP contribution in [0.4, 0.5) is 4.79 Å². The number of hydrogen-bond donors (Lipinski definition) is 1. The number of ether oxygens (including phenoxy) is 6. The van der Waals surface area contributed by atoms with Crippen LogP contribution < -0.4 is 5.73 Å². The van der Waals surface area contributed by atoms with Gasteiger partial charge in [-0.3, -0.25) is 19.2 Å². The van der Waals surface area contributed by atoms with Crippen LogP contribution in [0, 0.1) is 0 Å². The quantitative estimate of drug-likeness (QED) is 0.440. The summed E-state index contributed by atoms with van der Waals surface area (Å²) in [6.07, 6.45) is -9.91. The minimum atomic E-state index is -1.85. The summed E-state index contributed by atoms with van der Waals surface area (Å²) in [6.45, 7) is -4.09. The Morgan fingerprint density at radius 3 is 1.85 bits per heavy atom. The van der Waals surface area contributed by atoms with Crippen LogP contribution in [0.5, 0.6) is 0 Å². The average molecular weight is 395 g/mol. The second-order valence-electron chi connectivity index (χ2n) is 5.03. The average Bonchev–Trinajstić information content (AvgIpc) is 2.74. The summed E-state index contributed by atoms with van der Waals surface area (Å²) in [5.74, 6) is -4.45. The van der Waals surface area contributed by atoms with Crippen molar-refractivity contribution in [2.75, 3.05) is 6.61 Å². The largest absolute Gasteiger partial charge is 0.463 e. The predicted octanol–water partition coefficient (Wildman–Crippen LogP) is -0.835. The maximum absolute atomic E-state index is 11.8. The molecule has 12 heteroatoms. The van der Waals surface area contributed by atoms with E-state index in [-0.39, 0.29) is 0 Å². The molecule has 152 valence electrons. The highest BCUT2D eigenvalue weighted by molar-refractivity contribution is 5.69. The minimum absolute atomic E-state index is 0.680. The highest BCUT2D eigenvalue weighted by Gasteiger charge is 2.53. The van der Waals surface area contributed by atoms with Gasteiger partial charge in [-0.05, 0) is 0 Å². The number of carbonyl (C=O) groups excluding carboxylic acids is 5. The molecule has 2 N–H and O–H groups in total. The van der Waals surface area contributed by atoms with Crippen LogP contribution in [0.2, 0.25) is 0 Å². The van der Waals surface area contributed by atoms with Gasteiger partial charge in [0.25, 0.3) is 0 Å². The zero-order chi connectivity index (χ0) is 23.6. The van der Waals surface area contributed by atoms with E-state index in [9.17, 15) is 24.0 Å². The zero-order valence-electron chi connectivity index (χ0n) is 18.0. The fourth-order valence-electron chi connectivity index (χ4n) is 2.25. The molecule has 1 unspecified atom stereocenters. The number of rotatable bonds is 6. The predicted molar refractivity (Wildman–Crippen MR) is 82.6 cm³/mol. The van der Waals surface area contributed by atoms with E-state index in [2.05, 4.69) is 0 Å². The van der Waals surface area contributed by atoms with Crippen molar-refractivity contribution in [2.45, 2.75) is 58.3 Å². The second kappa shape index (κ2) is 9.71. The fraction of sp³-hybridized carbons (Fsp3) is 0.667. The van der Waals surface area contributed by atoms with Crippen molar-refractivity contribution in [2.24, 2.45) is 5.73 Å². The first kappa shape index (κ1) is 16.3. The van der Waals surface area contributed by atoms with Crippen molar-refractivity contribution in [1.29, 1.82) is 0 Å². The molecule has 27 heavy (non-hydrogen) atoms. The Balaban J connectivity index is 3.37. The van der Waals surface area contributed by atoms with Crippen LogP contribution in [-0.4, -0.2) is 67.3 Å². The first-order chi connectivity index (χ1) is 14.7. The van der Waals surface area contributed by atoms with Gasteiger partial charge in [0, 0.05) is 33.1 Å². The van der Waals surface area contributed by atoms with E-state index in [1.807, 2.05) is 0 Å². The fourth-order valence-corrected chi connectivity index (χ4v) is 2.25. The van der Waals surface area contributed by atoms with Crippen molar-refractivity contribution >= 4 is 30.0 Å². The van der Waals surface area contributed by atoms with Gasteiger partial charge < -0.3 is 34.2 Å². The Labute approximate surface area is 159 Å².